The SMILES string of the molecule is CC(C)c1ccc(-c2cccc3ccncc23)c2ccccc12. The third-order valence-corrected chi connectivity index (χ3v) is 4.55. The minimum Gasteiger partial charge on any atom is -0.264 e. The molecule has 1 nitrogen and oxygen atoms in total. The molecule has 1 heteroatoms. The third kappa shape index (κ3) is 2.29. The van der Waals surface area contributed by atoms with Crippen LogP contribution in [0.25, 0.3) is 32.7 Å². The predicted octanol–water partition coefficient (Wildman–Crippen LogP) is 6.18. The fourth-order valence-electron chi connectivity index (χ4n) is 3.41. The lowest BCUT2D eigenvalue weighted by Gasteiger charge is -2.15. The van der Waals surface area contributed by atoms with Crippen LogP contribution in [0.4, 0.5) is 0 Å². The van der Waals surface area contributed by atoms with Crippen LogP contribution in [0.2, 0.25) is 0 Å². The second kappa shape index (κ2) is 5.51. The van der Waals surface area contributed by atoms with E-state index >= 15 is 0 Å². The van der Waals surface area contributed by atoms with Crippen LogP contribution in [-0.4, -0.2) is 4.98 Å². The fraction of sp³-hybridized carbons (Fsp3) is 0.136. The van der Waals surface area contributed by atoms with Gasteiger partial charge in [-0.05, 0) is 44.8 Å². The maximum atomic E-state index is 4.32. The number of hydrogen-bond donors (Lipinski definition) is 0. The van der Waals surface area contributed by atoms with Gasteiger partial charge in [-0.3, -0.25) is 4.98 Å². The molecule has 23 heavy (non-hydrogen) atoms. The molecule has 112 valence electrons. The van der Waals surface area contributed by atoms with Crippen molar-refractivity contribution >= 4 is 21.5 Å². The van der Waals surface area contributed by atoms with Crippen molar-refractivity contribution < 1.29 is 0 Å². The van der Waals surface area contributed by atoms with E-state index in [9.17, 15) is 0 Å². The van der Waals surface area contributed by atoms with Crippen molar-refractivity contribution in [3.05, 3.63) is 78.6 Å². The number of fused-ring (bicyclic) bond motifs is 2. The Kier molecular flexibility index (Phi) is 3.34. The first-order valence-corrected chi connectivity index (χ1v) is 8.10. The average molecular weight is 297 g/mol. The molecule has 3 aromatic carbocycles. The lowest BCUT2D eigenvalue weighted by atomic mass is 9.89. The van der Waals surface area contributed by atoms with Gasteiger partial charge in [-0.1, -0.05) is 68.4 Å². The molecule has 0 saturated carbocycles. The van der Waals surface area contributed by atoms with Crippen molar-refractivity contribution in [2.75, 3.05) is 0 Å². The van der Waals surface area contributed by atoms with Gasteiger partial charge in [-0.25, -0.2) is 0 Å². The highest BCUT2D eigenvalue weighted by molar-refractivity contribution is 6.06. The molecule has 0 aliphatic carbocycles. The summed E-state index contributed by atoms with van der Waals surface area (Å²) in [6.45, 7) is 4.51. The van der Waals surface area contributed by atoms with Crippen LogP contribution in [0.3, 0.4) is 0 Å². The minimum atomic E-state index is 0.517. The quantitative estimate of drug-likeness (QED) is 0.430. The van der Waals surface area contributed by atoms with Gasteiger partial charge in [0.2, 0.25) is 0 Å². The summed E-state index contributed by atoms with van der Waals surface area (Å²) in [6.07, 6.45) is 3.82. The summed E-state index contributed by atoms with van der Waals surface area (Å²) in [7, 11) is 0. The first-order chi connectivity index (χ1) is 11.3. The maximum Gasteiger partial charge on any atom is 0.0352 e. The van der Waals surface area contributed by atoms with Gasteiger partial charge in [0.25, 0.3) is 0 Å². The van der Waals surface area contributed by atoms with Crippen LogP contribution < -0.4 is 0 Å². The summed E-state index contributed by atoms with van der Waals surface area (Å²) in [5, 5.41) is 5.10. The molecule has 0 aliphatic heterocycles. The Bertz CT molecular complexity index is 994. The van der Waals surface area contributed by atoms with Crippen molar-refractivity contribution in [2.45, 2.75) is 19.8 Å². The zero-order valence-corrected chi connectivity index (χ0v) is 13.5. The van der Waals surface area contributed by atoms with E-state index in [0.29, 0.717) is 5.92 Å². The second-order valence-electron chi connectivity index (χ2n) is 6.31. The molecule has 4 rings (SSSR count). The van der Waals surface area contributed by atoms with E-state index < -0.39 is 0 Å². The van der Waals surface area contributed by atoms with Gasteiger partial charge in [0, 0.05) is 17.8 Å². The first kappa shape index (κ1) is 14.0. The topological polar surface area (TPSA) is 12.9 Å². The Morgan fingerprint density at radius 1 is 0.696 bits per heavy atom. The fourth-order valence-corrected chi connectivity index (χ4v) is 3.41. The van der Waals surface area contributed by atoms with Crippen molar-refractivity contribution in [1.29, 1.82) is 0 Å². The molecule has 0 atom stereocenters. The van der Waals surface area contributed by atoms with Gasteiger partial charge in [0.1, 0.15) is 0 Å². The second-order valence-corrected chi connectivity index (χ2v) is 6.31. The van der Waals surface area contributed by atoms with E-state index in [1.807, 2.05) is 12.4 Å². The zero-order chi connectivity index (χ0) is 15.8. The predicted molar refractivity (Wildman–Crippen MR) is 98.8 cm³/mol. The van der Waals surface area contributed by atoms with Gasteiger partial charge in [0.15, 0.2) is 0 Å². The minimum absolute atomic E-state index is 0.517. The first-order valence-electron chi connectivity index (χ1n) is 8.10. The summed E-state index contributed by atoms with van der Waals surface area (Å²) in [4.78, 5) is 4.32. The average Bonchev–Trinajstić information content (AvgIpc) is 2.60. The largest absolute Gasteiger partial charge is 0.264 e. The van der Waals surface area contributed by atoms with Crippen molar-refractivity contribution in [2.24, 2.45) is 0 Å². The molecule has 0 N–H and O–H groups in total. The number of rotatable bonds is 2. The van der Waals surface area contributed by atoms with Crippen LogP contribution in [0.5, 0.6) is 0 Å². The molecular formula is C22H19N. The summed E-state index contributed by atoms with van der Waals surface area (Å²) in [5.41, 5.74) is 3.94. The molecule has 0 fully saturated rings. The van der Waals surface area contributed by atoms with Crippen molar-refractivity contribution in [1.82, 2.24) is 4.98 Å². The Hall–Kier alpha value is -2.67. The molecular weight excluding hydrogens is 278 g/mol. The molecule has 0 saturated heterocycles. The van der Waals surface area contributed by atoms with Crippen LogP contribution in [0.1, 0.15) is 25.3 Å². The van der Waals surface area contributed by atoms with E-state index in [-0.39, 0.29) is 0 Å². The van der Waals surface area contributed by atoms with E-state index in [0.717, 1.165) is 0 Å². The molecule has 0 aliphatic rings. The summed E-state index contributed by atoms with van der Waals surface area (Å²) in [6, 6.07) is 21.8. The highest BCUT2D eigenvalue weighted by atomic mass is 14.6. The summed E-state index contributed by atoms with van der Waals surface area (Å²) < 4.78 is 0. The van der Waals surface area contributed by atoms with Crippen molar-refractivity contribution in [3.8, 4) is 11.1 Å². The highest BCUT2D eigenvalue weighted by Gasteiger charge is 2.11. The number of aromatic nitrogens is 1. The van der Waals surface area contributed by atoms with Crippen LogP contribution >= 0.6 is 0 Å². The lowest BCUT2D eigenvalue weighted by Crippen LogP contribution is -1.92. The number of hydrogen-bond acceptors (Lipinski definition) is 1. The van der Waals surface area contributed by atoms with E-state index in [4.69, 9.17) is 0 Å². The Morgan fingerprint density at radius 2 is 1.48 bits per heavy atom. The van der Waals surface area contributed by atoms with Crippen LogP contribution in [0, 0.1) is 0 Å². The van der Waals surface area contributed by atoms with Gasteiger partial charge in [0.05, 0.1) is 0 Å². The third-order valence-electron chi connectivity index (χ3n) is 4.55. The molecule has 0 spiro atoms. The van der Waals surface area contributed by atoms with E-state index in [1.54, 1.807) is 0 Å². The Balaban J connectivity index is 2.08. The van der Waals surface area contributed by atoms with Gasteiger partial charge >= 0.3 is 0 Å². The Labute approximate surface area is 136 Å². The normalized spacial score (nSPS) is 11.4. The monoisotopic (exact) mass is 297 g/mol. The molecule has 0 bridgehead atoms. The summed E-state index contributed by atoms with van der Waals surface area (Å²) in [5.74, 6) is 0.517. The lowest BCUT2D eigenvalue weighted by molar-refractivity contribution is 0.876. The smallest absolute Gasteiger partial charge is 0.0352 e. The molecule has 0 unspecified atom stereocenters. The number of nitrogens with zero attached hydrogens (tertiary/aromatic N) is 1. The molecule has 0 amide bonds. The molecule has 4 aromatic rings. The number of pyridine rings is 1. The highest BCUT2D eigenvalue weighted by Crippen LogP contribution is 2.36. The van der Waals surface area contributed by atoms with Crippen LogP contribution in [-0.2, 0) is 0 Å². The van der Waals surface area contributed by atoms with Gasteiger partial charge in [-0.2, -0.15) is 0 Å². The summed E-state index contributed by atoms with van der Waals surface area (Å²) >= 11 is 0. The van der Waals surface area contributed by atoms with Crippen LogP contribution in [0.15, 0.2) is 73.1 Å². The standard InChI is InChI=1S/C22H19N/c1-15(2)17-10-11-21(19-8-4-3-7-18(17)19)20-9-5-6-16-12-13-23-14-22(16)20/h3-15H,1-2H3. The van der Waals surface area contributed by atoms with Crippen molar-refractivity contribution in [3.63, 3.8) is 0 Å². The van der Waals surface area contributed by atoms with Gasteiger partial charge in [-0.15, -0.1) is 0 Å². The Morgan fingerprint density at radius 3 is 2.30 bits per heavy atom. The van der Waals surface area contributed by atoms with Gasteiger partial charge < -0.3 is 0 Å². The molecule has 0 radical (unpaired) electrons. The molecule has 1 aromatic heterocycles. The molecule has 1 heterocycles. The van der Waals surface area contributed by atoms with E-state index in [1.165, 1.54) is 38.2 Å². The van der Waals surface area contributed by atoms with E-state index in [2.05, 4.69) is 79.5 Å². The zero-order valence-electron chi connectivity index (χ0n) is 13.5. The number of benzene rings is 3. The maximum absolute atomic E-state index is 4.32.